The van der Waals surface area contributed by atoms with E-state index < -0.39 is 0 Å². The molecule has 0 N–H and O–H groups in total. The van der Waals surface area contributed by atoms with Crippen molar-refractivity contribution < 1.29 is 4.74 Å². The Bertz CT molecular complexity index is 517. The van der Waals surface area contributed by atoms with Crippen LogP contribution in [0.3, 0.4) is 0 Å². The lowest BCUT2D eigenvalue weighted by atomic mass is 10.1. The number of nitrogens with zero attached hydrogens (tertiary/aromatic N) is 3. The highest BCUT2D eigenvalue weighted by Gasteiger charge is 2.37. The summed E-state index contributed by atoms with van der Waals surface area (Å²) in [5, 5.41) is 0. The largest absolute Gasteiger partial charge is 0.371 e. The summed E-state index contributed by atoms with van der Waals surface area (Å²) < 4.78 is 6.14. The van der Waals surface area contributed by atoms with Gasteiger partial charge in [-0.15, -0.1) is 0 Å². The van der Waals surface area contributed by atoms with Gasteiger partial charge in [0.2, 0.25) is 0 Å². The maximum atomic E-state index is 6.14. The Morgan fingerprint density at radius 1 is 1.23 bits per heavy atom. The highest BCUT2D eigenvalue weighted by molar-refractivity contribution is 5.09. The van der Waals surface area contributed by atoms with E-state index in [0.29, 0.717) is 18.8 Å². The van der Waals surface area contributed by atoms with Crippen molar-refractivity contribution in [3.63, 3.8) is 0 Å². The first kappa shape index (κ1) is 14.6. The second-order valence-corrected chi connectivity index (χ2v) is 7.29. The van der Waals surface area contributed by atoms with E-state index in [-0.39, 0.29) is 0 Å². The van der Waals surface area contributed by atoms with Gasteiger partial charge in [0, 0.05) is 44.5 Å². The minimum Gasteiger partial charge on any atom is -0.371 e. The van der Waals surface area contributed by atoms with Gasteiger partial charge in [-0.1, -0.05) is 6.07 Å². The average molecular weight is 301 g/mol. The lowest BCUT2D eigenvalue weighted by Crippen LogP contribution is -2.50. The quantitative estimate of drug-likeness (QED) is 0.832. The minimum absolute atomic E-state index is 0.383. The van der Waals surface area contributed by atoms with Crippen molar-refractivity contribution in [1.82, 2.24) is 14.8 Å². The molecule has 3 heterocycles. The number of aryl methyl sites for hydroxylation is 1. The van der Waals surface area contributed by atoms with Crippen LogP contribution >= 0.6 is 0 Å². The summed E-state index contributed by atoms with van der Waals surface area (Å²) in [6.45, 7) is 8.85. The molecule has 1 aromatic heterocycles. The number of rotatable bonds is 5. The van der Waals surface area contributed by atoms with Gasteiger partial charge in [-0.2, -0.15) is 0 Å². The first-order valence-electron chi connectivity index (χ1n) is 8.77. The van der Waals surface area contributed by atoms with Crippen molar-refractivity contribution >= 4 is 0 Å². The lowest BCUT2D eigenvalue weighted by molar-refractivity contribution is 0.0440. The fraction of sp³-hybridized carbons (Fsp3) is 0.722. The normalized spacial score (nSPS) is 29.7. The van der Waals surface area contributed by atoms with Gasteiger partial charge < -0.3 is 9.64 Å². The third-order valence-corrected chi connectivity index (χ3v) is 5.29. The number of fused-ring (bicyclic) bond motifs is 1. The first-order valence-corrected chi connectivity index (χ1v) is 8.77. The Morgan fingerprint density at radius 3 is 2.95 bits per heavy atom. The predicted octanol–water partition coefficient (Wildman–Crippen LogP) is 2.08. The van der Waals surface area contributed by atoms with Crippen LogP contribution in [0.5, 0.6) is 0 Å². The van der Waals surface area contributed by atoms with E-state index in [4.69, 9.17) is 4.74 Å². The van der Waals surface area contributed by atoms with Gasteiger partial charge in [0.1, 0.15) is 0 Å². The Balaban J connectivity index is 1.27. The molecule has 22 heavy (non-hydrogen) atoms. The first-order chi connectivity index (χ1) is 10.8. The van der Waals surface area contributed by atoms with Gasteiger partial charge >= 0.3 is 0 Å². The van der Waals surface area contributed by atoms with Gasteiger partial charge in [0.15, 0.2) is 0 Å². The molecule has 0 amide bonds. The van der Waals surface area contributed by atoms with Crippen LogP contribution in [0.1, 0.15) is 30.7 Å². The summed E-state index contributed by atoms with van der Waals surface area (Å²) in [6, 6.07) is 6.87. The van der Waals surface area contributed by atoms with Crippen molar-refractivity contribution in [1.29, 1.82) is 0 Å². The molecule has 2 atom stereocenters. The van der Waals surface area contributed by atoms with E-state index in [0.717, 1.165) is 23.9 Å². The fourth-order valence-corrected chi connectivity index (χ4v) is 3.90. The Labute approximate surface area is 133 Å². The van der Waals surface area contributed by atoms with Crippen LogP contribution in [0.2, 0.25) is 0 Å². The summed E-state index contributed by atoms with van der Waals surface area (Å²) >= 11 is 0. The Hall–Kier alpha value is -0.970. The van der Waals surface area contributed by atoms with E-state index >= 15 is 0 Å². The van der Waals surface area contributed by atoms with Gasteiger partial charge in [-0.25, -0.2) is 0 Å². The number of ether oxygens (including phenoxy) is 1. The number of aromatic nitrogens is 1. The molecule has 0 bridgehead atoms. The average Bonchev–Trinajstić information content (AvgIpc) is 3.22. The molecule has 0 radical (unpaired) electrons. The van der Waals surface area contributed by atoms with Crippen LogP contribution < -0.4 is 0 Å². The summed E-state index contributed by atoms with van der Waals surface area (Å²) in [5.74, 6) is 1.01. The van der Waals surface area contributed by atoms with Crippen LogP contribution in [0, 0.1) is 12.8 Å². The minimum atomic E-state index is 0.383. The summed E-state index contributed by atoms with van der Waals surface area (Å²) in [7, 11) is 0. The zero-order valence-corrected chi connectivity index (χ0v) is 13.6. The van der Waals surface area contributed by atoms with Crippen LogP contribution in [-0.4, -0.2) is 59.7 Å². The summed E-state index contributed by atoms with van der Waals surface area (Å²) in [6.07, 6.45) is 4.49. The fourth-order valence-electron chi connectivity index (χ4n) is 3.90. The molecular weight excluding hydrogens is 274 g/mol. The lowest BCUT2D eigenvalue weighted by Gasteiger charge is -2.37. The molecule has 4 heteroatoms. The number of hydrogen-bond donors (Lipinski definition) is 0. The SMILES string of the molecule is Cc1cccc(CO[C@@H]2C[C@H]3CN(CC4CC4)CCN3C2)n1. The molecule has 4 rings (SSSR count). The van der Waals surface area contributed by atoms with E-state index in [1.165, 1.54) is 45.4 Å². The molecule has 2 aliphatic heterocycles. The molecular formula is C18H27N3O. The van der Waals surface area contributed by atoms with Crippen LogP contribution in [-0.2, 0) is 11.3 Å². The van der Waals surface area contributed by atoms with Gasteiger partial charge in [0.05, 0.1) is 18.4 Å². The maximum absolute atomic E-state index is 6.14. The highest BCUT2D eigenvalue weighted by atomic mass is 16.5. The van der Waals surface area contributed by atoms with E-state index in [1.54, 1.807) is 0 Å². The van der Waals surface area contributed by atoms with Crippen molar-refractivity contribution in [2.24, 2.45) is 5.92 Å². The molecule has 1 aliphatic carbocycles. The summed E-state index contributed by atoms with van der Waals surface area (Å²) in [4.78, 5) is 9.85. The number of pyridine rings is 1. The number of piperazine rings is 1. The highest BCUT2D eigenvalue weighted by Crippen LogP contribution is 2.32. The smallest absolute Gasteiger partial charge is 0.0892 e. The Kier molecular flexibility index (Phi) is 4.16. The standard InChI is InChI=1S/C18H27N3O/c1-14-3-2-4-16(19-14)13-22-18-9-17-11-20(10-15-5-6-15)7-8-21(17)12-18/h2-4,15,17-18H,5-13H2,1H3/t17-,18+/m0/s1. The topological polar surface area (TPSA) is 28.6 Å². The monoisotopic (exact) mass is 301 g/mol. The zero-order chi connectivity index (χ0) is 14.9. The third kappa shape index (κ3) is 3.50. The van der Waals surface area contributed by atoms with Crippen molar-refractivity contribution in [3.05, 3.63) is 29.6 Å². The van der Waals surface area contributed by atoms with E-state index in [1.807, 2.05) is 13.0 Å². The van der Waals surface area contributed by atoms with Crippen molar-refractivity contribution in [2.45, 2.75) is 44.9 Å². The molecule has 1 saturated carbocycles. The van der Waals surface area contributed by atoms with Crippen LogP contribution in [0.4, 0.5) is 0 Å². The maximum Gasteiger partial charge on any atom is 0.0892 e. The Morgan fingerprint density at radius 2 is 2.14 bits per heavy atom. The molecule has 0 spiro atoms. The molecule has 0 unspecified atom stereocenters. The van der Waals surface area contributed by atoms with Crippen LogP contribution in [0.25, 0.3) is 0 Å². The second kappa shape index (κ2) is 6.26. The predicted molar refractivity (Wildman–Crippen MR) is 86.7 cm³/mol. The molecule has 3 fully saturated rings. The van der Waals surface area contributed by atoms with Gasteiger partial charge in [0.25, 0.3) is 0 Å². The molecule has 2 saturated heterocycles. The molecule has 3 aliphatic rings. The number of hydrogen-bond acceptors (Lipinski definition) is 4. The van der Waals surface area contributed by atoms with E-state index in [2.05, 4.69) is 26.9 Å². The van der Waals surface area contributed by atoms with Crippen LogP contribution in [0.15, 0.2) is 18.2 Å². The van der Waals surface area contributed by atoms with Gasteiger partial charge in [-0.3, -0.25) is 9.88 Å². The molecule has 120 valence electrons. The molecule has 1 aromatic rings. The van der Waals surface area contributed by atoms with Gasteiger partial charge in [-0.05, 0) is 44.2 Å². The van der Waals surface area contributed by atoms with Crippen molar-refractivity contribution in [2.75, 3.05) is 32.7 Å². The molecule has 0 aromatic carbocycles. The van der Waals surface area contributed by atoms with Crippen molar-refractivity contribution in [3.8, 4) is 0 Å². The zero-order valence-electron chi connectivity index (χ0n) is 13.6. The summed E-state index contributed by atoms with van der Waals surface area (Å²) in [5.41, 5.74) is 2.13. The molecule has 4 nitrogen and oxygen atoms in total. The third-order valence-electron chi connectivity index (χ3n) is 5.29. The van der Waals surface area contributed by atoms with E-state index in [9.17, 15) is 0 Å². The second-order valence-electron chi connectivity index (χ2n) is 7.29.